The standard InChI is InChI=1S/C13H17FN2O5/c1-16(6-8(17)7-21-2)13(20)15-10-5-3-4-9(14)11(10)12(18)19/h3-5,8,17H,6-7H2,1-2H3,(H,15,20)(H,18,19). The number of nitrogens with one attached hydrogen (secondary N) is 1. The van der Waals surface area contributed by atoms with E-state index in [4.69, 9.17) is 9.84 Å². The Morgan fingerprint density at radius 2 is 2.14 bits per heavy atom. The molecular weight excluding hydrogens is 283 g/mol. The molecule has 1 rings (SSSR count). The number of rotatable bonds is 6. The van der Waals surface area contributed by atoms with Gasteiger partial charge >= 0.3 is 12.0 Å². The van der Waals surface area contributed by atoms with Crippen molar-refractivity contribution in [2.75, 3.05) is 32.6 Å². The minimum atomic E-state index is -1.48. The van der Waals surface area contributed by atoms with Gasteiger partial charge in [0.2, 0.25) is 0 Å². The molecule has 21 heavy (non-hydrogen) atoms. The van der Waals surface area contributed by atoms with Crippen molar-refractivity contribution in [3.8, 4) is 0 Å². The molecule has 0 saturated heterocycles. The van der Waals surface area contributed by atoms with Gasteiger partial charge in [-0.25, -0.2) is 14.0 Å². The van der Waals surface area contributed by atoms with Crippen LogP contribution < -0.4 is 5.32 Å². The predicted molar refractivity (Wildman–Crippen MR) is 72.9 cm³/mol. The maximum atomic E-state index is 13.5. The molecule has 0 saturated carbocycles. The third-order valence-electron chi connectivity index (χ3n) is 2.66. The molecule has 8 heteroatoms. The number of benzene rings is 1. The van der Waals surface area contributed by atoms with E-state index in [-0.39, 0.29) is 18.8 Å². The van der Waals surface area contributed by atoms with Crippen LogP contribution in [0.25, 0.3) is 0 Å². The summed E-state index contributed by atoms with van der Waals surface area (Å²) in [5.41, 5.74) is -0.766. The minimum Gasteiger partial charge on any atom is -0.478 e. The topological polar surface area (TPSA) is 99.1 Å². The number of aromatic carboxylic acids is 1. The summed E-state index contributed by atoms with van der Waals surface area (Å²) in [7, 11) is 2.82. The van der Waals surface area contributed by atoms with Crippen molar-refractivity contribution in [3.05, 3.63) is 29.6 Å². The molecule has 0 fully saturated rings. The number of nitrogens with zero attached hydrogens (tertiary/aromatic N) is 1. The minimum absolute atomic E-state index is 0.0165. The number of aliphatic hydroxyl groups is 1. The number of carboxylic acid groups (broad SMARTS) is 1. The fourth-order valence-electron chi connectivity index (χ4n) is 1.70. The van der Waals surface area contributed by atoms with Gasteiger partial charge in [0.05, 0.1) is 24.9 Å². The van der Waals surface area contributed by atoms with Crippen molar-refractivity contribution in [2.45, 2.75) is 6.10 Å². The monoisotopic (exact) mass is 300 g/mol. The second-order valence-corrected chi connectivity index (χ2v) is 4.39. The second kappa shape index (κ2) is 7.55. The second-order valence-electron chi connectivity index (χ2n) is 4.39. The van der Waals surface area contributed by atoms with Crippen LogP contribution in [0, 0.1) is 5.82 Å². The molecule has 0 aliphatic carbocycles. The number of hydrogen-bond acceptors (Lipinski definition) is 4. The highest BCUT2D eigenvalue weighted by molar-refractivity contribution is 6.00. The number of amides is 2. The third kappa shape index (κ3) is 4.69. The fourth-order valence-corrected chi connectivity index (χ4v) is 1.70. The highest BCUT2D eigenvalue weighted by Crippen LogP contribution is 2.19. The number of ether oxygens (including phenoxy) is 1. The molecule has 116 valence electrons. The maximum absolute atomic E-state index is 13.5. The van der Waals surface area contributed by atoms with Gasteiger partial charge in [0.25, 0.3) is 0 Å². The lowest BCUT2D eigenvalue weighted by molar-refractivity contribution is 0.0501. The highest BCUT2D eigenvalue weighted by atomic mass is 19.1. The van der Waals surface area contributed by atoms with E-state index >= 15 is 0 Å². The van der Waals surface area contributed by atoms with Gasteiger partial charge in [-0.05, 0) is 12.1 Å². The summed E-state index contributed by atoms with van der Waals surface area (Å²) in [4.78, 5) is 24.0. The van der Waals surface area contributed by atoms with Crippen LogP contribution in [0.15, 0.2) is 18.2 Å². The molecule has 0 heterocycles. The van der Waals surface area contributed by atoms with Crippen molar-refractivity contribution in [3.63, 3.8) is 0 Å². The van der Waals surface area contributed by atoms with Crippen LogP contribution in [0.5, 0.6) is 0 Å². The smallest absolute Gasteiger partial charge is 0.340 e. The Hall–Kier alpha value is -2.19. The van der Waals surface area contributed by atoms with Gasteiger partial charge in [-0.15, -0.1) is 0 Å². The van der Waals surface area contributed by atoms with E-state index in [0.29, 0.717) is 0 Å². The van der Waals surface area contributed by atoms with Crippen LogP contribution in [0.3, 0.4) is 0 Å². The number of likely N-dealkylation sites (N-methyl/N-ethyl adjacent to an activating group) is 1. The lowest BCUT2D eigenvalue weighted by atomic mass is 10.1. The molecule has 1 aromatic rings. The van der Waals surface area contributed by atoms with E-state index in [1.807, 2.05) is 0 Å². The fraction of sp³-hybridized carbons (Fsp3) is 0.385. The van der Waals surface area contributed by atoms with Crippen LogP contribution in [-0.4, -0.2) is 60.5 Å². The number of methoxy groups -OCH3 is 1. The van der Waals surface area contributed by atoms with E-state index in [1.165, 1.54) is 26.3 Å². The molecule has 0 aliphatic heterocycles. The first-order valence-electron chi connectivity index (χ1n) is 6.07. The Morgan fingerprint density at radius 3 is 2.71 bits per heavy atom. The van der Waals surface area contributed by atoms with Crippen molar-refractivity contribution in [1.82, 2.24) is 4.90 Å². The molecule has 2 amide bonds. The third-order valence-corrected chi connectivity index (χ3v) is 2.66. The van der Waals surface area contributed by atoms with Gasteiger partial charge in [0.15, 0.2) is 0 Å². The number of carboxylic acids is 1. The summed E-state index contributed by atoms with van der Waals surface area (Å²) in [6.45, 7) is 0.0371. The van der Waals surface area contributed by atoms with Gasteiger partial charge < -0.3 is 25.2 Å². The molecular formula is C13H17FN2O5. The molecule has 1 atom stereocenters. The van der Waals surface area contributed by atoms with Crippen LogP contribution >= 0.6 is 0 Å². The van der Waals surface area contributed by atoms with Crippen LogP contribution in [0.1, 0.15) is 10.4 Å². The summed E-state index contributed by atoms with van der Waals surface area (Å²) in [5, 5.41) is 20.8. The van der Waals surface area contributed by atoms with E-state index in [9.17, 15) is 19.1 Å². The zero-order chi connectivity index (χ0) is 16.0. The van der Waals surface area contributed by atoms with Crippen LogP contribution in [-0.2, 0) is 4.74 Å². The Kier molecular flexibility index (Phi) is 6.07. The van der Waals surface area contributed by atoms with Crippen LogP contribution in [0.4, 0.5) is 14.9 Å². The first-order chi connectivity index (χ1) is 9.86. The lowest BCUT2D eigenvalue weighted by Gasteiger charge is -2.21. The van der Waals surface area contributed by atoms with Crippen molar-refractivity contribution in [1.29, 1.82) is 0 Å². The van der Waals surface area contributed by atoms with E-state index in [1.54, 1.807) is 0 Å². The quantitative estimate of drug-likeness (QED) is 0.728. The predicted octanol–water partition coefficient (Wildman–Crippen LogP) is 0.995. The molecule has 7 nitrogen and oxygen atoms in total. The zero-order valence-electron chi connectivity index (χ0n) is 11.7. The number of halogens is 1. The summed E-state index contributed by atoms with van der Waals surface area (Å²) < 4.78 is 18.2. The summed E-state index contributed by atoms with van der Waals surface area (Å²) in [5.74, 6) is -2.42. The molecule has 0 radical (unpaired) electrons. The summed E-state index contributed by atoms with van der Waals surface area (Å²) in [6.07, 6.45) is -0.878. The van der Waals surface area contributed by atoms with Gasteiger partial charge in [-0.2, -0.15) is 0 Å². The summed E-state index contributed by atoms with van der Waals surface area (Å²) in [6, 6.07) is 2.89. The molecule has 0 aliphatic rings. The van der Waals surface area contributed by atoms with Crippen LogP contribution in [0.2, 0.25) is 0 Å². The Balaban J connectivity index is 2.79. The molecule has 0 spiro atoms. The summed E-state index contributed by atoms with van der Waals surface area (Å²) >= 11 is 0. The normalized spacial score (nSPS) is 11.8. The lowest BCUT2D eigenvalue weighted by Crippen LogP contribution is -2.39. The number of aliphatic hydroxyl groups excluding tert-OH is 1. The number of urea groups is 1. The Bertz CT molecular complexity index is 523. The van der Waals surface area contributed by atoms with E-state index in [2.05, 4.69) is 5.32 Å². The average molecular weight is 300 g/mol. The van der Waals surface area contributed by atoms with E-state index < -0.39 is 29.5 Å². The number of carbonyl (C=O) groups excluding carboxylic acids is 1. The number of carbonyl (C=O) groups is 2. The number of hydrogen-bond donors (Lipinski definition) is 3. The van der Waals surface area contributed by atoms with Gasteiger partial charge in [0.1, 0.15) is 11.4 Å². The van der Waals surface area contributed by atoms with E-state index in [0.717, 1.165) is 11.0 Å². The van der Waals surface area contributed by atoms with Gasteiger partial charge in [-0.1, -0.05) is 6.07 Å². The number of anilines is 1. The molecule has 1 unspecified atom stereocenters. The molecule has 3 N–H and O–H groups in total. The van der Waals surface area contributed by atoms with Gasteiger partial charge in [0, 0.05) is 14.2 Å². The highest BCUT2D eigenvalue weighted by Gasteiger charge is 2.19. The largest absolute Gasteiger partial charge is 0.478 e. The molecule has 0 aromatic heterocycles. The first-order valence-corrected chi connectivity index (χ1v) is 6.07. The van der Waals surface area contributed by atoms with Crippen molar-refractivity contribution in [2.24, 2.45) is 0 Å². The van der Waals surface area contributed by atoms with Crippen molar-refractivity contribution < 1.29 is 28.9 Å². The average Bonchev–Trinajstić information content (AvgIpc) is 2.38. The molecule has 1 aromatic carbocycles. The van der Waals surface area contributed by atoms with Gasteiger partial charge in [-0.3, -0.25) is 0 Å². The zero-order valence-corrected chi connectivity index (χ0v) is 11.7. The first kappa shape index (κ1) is 16.9. The SMILES string of the molecule is COCC(O)CN(C)C(=O)Nc1cccc(F)c1C(=O)O. The van der Waals surface area contributed by atoms with Crippen molar-refractivity contribution >= 4 is 17.7 Å². The Labute approximate surface area is 120 Å². The maximum Gasteiger partial charge on any atom is 0.340 e. The molecule has 0 bridgehead atoms. The Morgan fingerprint density at radius 1 is 1.48 bits per heavy atom.